The van der Waals surface area contributed by atoms with Crippen LogP contribution < -0.4 is 0 Å². The summed E-state index contributed by atoms with van der Waals surface area (Å²) < 4.78 is 25.1. The highest BCUT2D eigenvalue weighted by Crippen LogP contribution is 2.32. The van der Waals surface area contributed by atoms with Crippen LogP contribution in [-0.2, 0) is 16.3 Å². The predicted molar refractivity (Wildman–Crippen MR) is 84.2 cm³/mol. The molecule has 0 saturated heterocycles. The molecule has 0 heterocycles. The fourth-order valence-electron chi connectivity index (χ4n) is 2.23. The molecule has 1 aromatic rings. The van der Waals surface area contributed by atoms with E-state index in [0.717, 1.165) is 6.07 Å². The SMILES string of the molecule is CCCC(C)S(=O)(=O)c1cc(CC)c(C(=O)Cl)cc1[N+](=O)[O-]. The number of nitro benzene ring substituents is 1. The van der Waals surface area contributed by atoms with E-state index in [1.54, 1.807) is 6.92 Å². The fraction of sp³-hybridized carbons (Fsp3) is 0.500. The first-order chi connectivity index (χ1) is 10.2. The number of carbonyl (C=O) groups excluding carboxylic acids is 1. The maximum absolute atomic E-state index is 12.6. The molecule has 0 amide bonds. The Morgan fingerprint density at radius 2 is 1.95 bits per heavy atom. The molecule has 6 nitrogen and oxygen atoms in total. The summed E-state index contributed by atoms with van der Waals surface area (Å²) in [6.07, 6.45) is 1.39. The third kappa shape index (κ3) is 3.64. The van der Waals surface area contributed by atoms with Gasteiger partial charge in [0.05, 0.1) is 10.2 Å². The molecule has 0 aromatic heterocycles. The Morgan fingerprint density at radius 3 is 2.36 bits per heavy atom. The van der Waals surface area contributed by atoms with Crippen molar-refractivity contribution in [2.75, 3.05) is 0 Å². The molecule has 0 aliphatic rings. The number of halogens is 1. The standard InChI is InChI=1S/C14H18ClNO5S/c1-4-6-9(3)22(20,21)13-7-10(5-2)11(14(15)17)8-12(13)16(18)19/h7-9H,4-6H2,1-3H3. The van der Waals surface area contributed by atoms with Gasteiger partial charge in [-0.1, -0.05) is 20.3 Å². The van der Waals surface area contributed by atoms with E-state index >= 15 is 0 Å². The van der Waals surface area contributed by atoms with Gasteiger partial charge in [-0.25, -0.2) is 8.42 Å². The quantitative estimate of drug-likeness (QED) is 0.427. The molecule has 0 bridgehead atoms. The third-order valence-electron chi connectivity index (χ3n) is 3.51. The number of hydrogen-bond donors (Lipinski definition) is 0. The molecule has 22 heavy (non-hydrogen) atoms. The molecular formula is C14H18ClNO5S. The molecule has 1 aromatic carbocycles. The average molecular weight is 348 g/mol. The number of carbonyl (C=O) groups is 1. The van der Waals surface area contributed by atoms with Gasteiger partial charge < -0.3 is 0 Å². The van der Waals surface area contributed by atoms with Crippen molar-refractivity contribution in [3.8, 4) is 0 Å². The minimum absolute atomic E-state index is 0.0297. The zero-order valence-corrected chi connectivity index (χ0v) is 14.2. The largest absolute Gasteiger partial charge is 0.288 e. The number of rotatable bonds is 7. The first kappa shape index (κ1) is 18.6. The van der Waals surface area contributed by atoms with Gasteiger partial charge in [0.15, 0.2) is 9.84 Å². The van der Waals surface area contributed by atoms with Crippen molar-refractivity contribution in [2.24, 2.45) is 0 Å². The van der Waals surface area contributed by atoms with E-state index in [2.05, 4.69) is 0 Å². The van der Waals surface area contributed by atoms with Crippen molar-refractivity contribution >= 4 is 32.4 Å². The molecule has 0 aliphatic carbocycles. The lowest BCUT2D eigenvalue weighted by molar-refractivity contribution is -0.387. The average Bonchev–Trinajstić information content (AvgIpc) is 2.45. The van der Waals surface area contributed by atoms with Crippen molar-refractivity contribution < 1.29 is 18.1 Å². The molecule has 0 aliphatic heterocycles. The normalized spacial score (nSPS) is 12.9. The lowest BCUT2D eigenvalue weighted by Gasteiger charge is -2.14. The van der Waals surface area contributed by atoms with E-state index in [9.17, 15) is 23.3 Å². The van der Waals surface area contributed by atoms with Crippen LogP contribution in [0.25, 0.3) is 0 Å². The van der Waals surface area contributed by atoms with Crippen LogP contribution in [-0.4, -0.2) is 23.8 Å². The number of nitro groups is 1. The number of hydrogen-bond acceptors (Lipinski definition) is 5. The summed E-state index contributed by atoms with van der Waals surface area (Å²) >= 11 is 5.43. The zero-order chi connectivity index (χ0) is 17.1. The smallest absolute Gasteiger partial charge is 0.276 e. The van der Waals surface area contributed by atoms with Crippen molar-refractivity contribution in [1.29, 1.82) is 0 Å². The topological polar surface area (TPSA) is 94.3 Å². The second-order valence-electron chi connectivity index (χ2n) is 5.01. The molecule has 8 heteroatoms. The minimum atomic E-state index is -3.85. The van der Waals surface area contributed by atoms with Gasteiger partial charge in [-0.15, -0.1) is 0 Å². The molecule has 0 fully saturated rings. The van der Waals surface area contributed by atoms with E-state index in [-0.39, 0.29) is 10.5 Å². The Bertz CT molecular complexity index is 699. The van der Waals surface area contributed by atoms with Crippen LogP contribution in [0, 0.1) is 10.1 Å². The summed E-state index contributed by atoms with van der Waals surface area (Å²) in [4.78, 5) is 21.5. The van der Waals surface area contributed by atoms with Gasteiger partial charge in [-0.3, -0.25) is 14.9 Å². The maximum Gasteiger partial charge on any atom is 0.288 e. The van der Waals surface area contributed by atoms with E-state index < -0.39 is 30.9 Å². The zero-order valence-electron chi connectivity index (χ0n) is 12.6. The van der Waals surface area contributed by atoms with Crippen LogP contribution in [0.2, 0.25) is 0 Å². The molecule has 0 saturated carbocycles. The molecule has 1 unspecified atom stereocenters. The summed E-state index contributed by atoms with van der Waals surface area (Å²) in [5.41, 5.74) is -0.255. The van der Waals surface area contributed by atoms with Gasteiger partial charge in [0.1, 0.15) is 4.90 Å². The molecule has 0 radical (unpaired) electrons. The maximum atomic E-state index is 12.6. The first-order valence-electron chi connectivity index (χ1n) is 6.91. The predicted octanol–water partition coefficient (Wildman–Crippen LogP) is 3.50. The van der Waals surface area contributed by atoms with Crippen molar-refractivity contribution in [1.82, 2.24) is 0 Å². The minimum Gasteiger partial charge on any atom is -0.276 e. The summed E-state index contributed by atoms with van der Waals surface area (Å²) in [6, 6.07) is 2.16. The van der Waals surface area contributed by atoms with E-state index in [4.69, 9.17) is 11.6 Å². The lowest BCUT2D eigenvalue weighted by atomic mass is 10.1. The van der Waals surface area contributed by atoms with Gasteiger partial charge in [-0.2, -0.15) is 0 Å². The third-order valence-corrected chi connectivity index (χ3v) is 5.94. The van der Waals surface area contributed by atoms with Crippen LogP contribution in [0.4, 0.5) is 5.69 Å². The summed E-state index contributed by atoms with van der Waals surface area (Å²) in [6.45, 7) is 5.08. The van der Waals surface area contributed by atoms with E-state index in [0.29, 0.717) is 24.8 Å². The highest BCUT2D eigenvalue weighted by Gasteiger charge is 2.32. The van der Waals surface area contributed by atoms with Gasteiger partial charge in [-0.05, 0) is 43.0 Å². The van der Waals surface area contributed by atoms with Crippen LogP contribution in [0.15, 0.2) is 17.0 Å². The number of nitrogens with zero attached hydrogens (tertiary/aromatic N) is 1. The van der Waals surface area contributed by atoms with E-state index in [1.165, 1.54) is 13.0 Å². The Morgan fingerprint density at radius 1 is 1.36 bits per heavy atom. The first-order valence-corrected chi connectivity index (χ1v) is 8.84. The van der Waals surface area contributed by atoms with Gasteiger partial charge in [0, 0.05) is 11.6 Å². The Balaban J connectivity index is 3.66. The van der Waals surface area contributed by atoms with Crippen molar-refractivity contribution in [3.63, 3.8) is 0 Å². The van der Waals surface area contributed by atoms with Gasteiger partial charge in [0.2, 0.25) is 0 Å². The molecular weight excluding hydrogens is 330 g/mol. The number of aryl methyl sites for hydroxylation is 1. The Hall–Kier alpha value is -1.47. The highest BCUT2D eigenvalue weighted by molar-refractivity contribution is 7.92. The molecule has 0 spiro atoms. The van der Waals surface area contributed by atoms with Crippen molar-refractivity contribution in [2.45, 2.75) is 50.2 Å². The Labute approximate surface area is 134 Å². The summed E-state index contributed by atoms with van der Waals surface area (Å²) in [7, 11) is -3.85. The van der Waals surface area contributed by atoms with Crippen LogP contribution in [0.3, 0.4) is 0 Å². The second kappa shape index (κ2) is 7.19. The summed E-state index contributed by atoms with van der Waals surface area (Å²) in [5.74, 6) is 0. The molecule has 1 atom stereocenters. The van der Waals surface area contributed by atoms with Crippen LogP contribution in [0.5, 0.6) is 0 Å². The van der Waals surface area contributed by atoms with Crippen molar-refractivity contribution in [3.05, 3.63) is 33.4 Å². The molecule has 1 rings (SSSR count). The van der Waals surface area contributed by atoms with Crippen LogP contribution >= 0.6 is 11.6 Å². The highest BCUT2D eigenvalue weighted by atomic mass is 35.5. The molecule has 0 N–H and O–H groups in total. The second-order valence-corrected chi connectivity index (χ2v) is 7.68. The number of sulfone groups is 1. The Kier molecular flexibility index (Phi) is 6.08. The van der Waals surface area contributed by atoms with E-state index in [1.807, 2.05) is 6.92 Å². The van der Waals surface area contributed by atoms with Gasteiger partial charge in [0.25, 0.3) is 10.9 Å². The molecule has 122 valence electrons. The van der Waals surface area contributed by atoms with Crippen LogP contribution in [0.1, 0.15) is 49.5 Å². The monoisotopic (exact) mass is 347 g/mol. The van der Waals surface area contributed by atoms with Gasteiger partial charge >= 0.3 is 0 Å². The fourth-order valence-corrected chi connectivity index (χ4v) is 4.12. The number of benzene rings is 1. The summed E-state index contributed by atoms with van der Waals surface area (Å²) in [5, 5.41) is 9.63. The lowest BCUT2D eigenvalue weighted by Crippen LogP contribution is -2.19.